The number of rotatable bonds is 3. The molecule has 1 fully saturated rings. The van der Waals surface area contributed by atoms with Crippen LogP contribution < -0.4 is 9.47 Å². The maximum Gasteiger partial charge on any atom is 0.391 e. The molecule has 172 valence electrons. The van der Waals surface area contributed by atoms with E-state index in [1.54, 1.807) is 23.1 Å². The van der Waals surface area contributed by atoms with Gasteiger partial charge in [-0.2, -0.15) is 17.7 Å². The maximum atomic E-state index is 13.3. The lowest BCUT2D eigenvalue weighted by Gasteiger charge is -2.30. The quantitative estimate of drug-likeness (QED) is 0.352. The number of allylic oxidation sites excluding steroid dienone is 2. The predicted octanol–water partition coefficient (Wildman–Crippen LogP) is 7.56. The number of thiazole rings is 1. The lowest BCUT2D eigenvalue weighted by Crippen LogP contribution is -2.30. The molecule has 1 aliphatic carbocycles. The third-order valence-corrected chi connectivity index (χ3v) is 9.12. The number of alkyl halides is 3. The Balaban J connectivity index is 1.52. The fraction of sp³-hybridized carbons (Fsp3) is 0.346. The largest absolute Gasteiger partial charge is 0.391 e. The van der Waals surface area contributed by atoms with E-state index in [1.807, 2.05) is 24.3 Å². The summed E-state index contributed by atoms with van der Waals surface area (Å²) < 4.78 is 43.2. The second-order valence-corrected chi connectivity index (χ2v) is 10.9. The van der Waals surface area contributed by atoms with Crippen molar-refractivity contribution in [3.63, 3.8) is 0 Å². The minimum Gasteiger partial charge on any atom is -0.338 e. The first-order chi connectivity index (χ1) is 15.8. The van der Waals surface area contributed by atoms with E-state index in [-0.39, 0.29) is 18.8 Å². The molecule has 1 aliphatic heterocycles. The van der Waals surface area contributed by atoms with Crippen LogP contribution >= 0.6 is 23.1 Å². The van der Waals surface area contributed by atoms with Crippen molar-refractivity contribution in [3.05, 3.63) is 70.2 Å². The molecule has 0 unspecified atom stereocenters. The van der Waals surface area contributed by atoms with Gasteiger partial charge in [0.15, 0.2) is 0 Å². The Kier molecular flexibility index (Phi) is 6.04. The van der Waals surface area contributed by atoms with Gasteiger partial charge in [-0.3, -0.25) is 0 Å². The molecule has 1 saturated carbocycles. The molecule has 2 aliphatic rings. The topological polar surface area (TPSA) is 7.12 Å². The van der Waals surface area contributed by atoms with Crippen LogP contribution in [0.25, 0.3) is 16.3 Å². The van der Waals surface area contributed by atoms with Crippen molar-refractivity contribution in [2.45, 2.75) is 36.8 Å². The Morgan fingerprint density at radius 2 is 1.73 bits per heavy atom. The van der Waals surface area contributed by atoms with Crippen LogP contribution in [-0.4, -0.2) is 13.2 Å². The maximum absolute atomic E-state index is 13.3. The highest BCUT2D eigenvalue weighted by molar-refractivity contribution is 8.03. The van der Waals surface area contributed by atoms with Crippen LogP contribution in [0.3, 0.4) is 0 Å². The summed E-state index contributed by atoms with van der Waals surface area (Å²) in [5.74, 6) is -1.05. The summed E-state index contributed by atoms with van der Waals surface area (Å²) in [6, 6.07) is 16.6. The molecule has 3 aromatic rings. The molecule has 0 N–H and O–H groups in total. The van der Waals surface area contributed by atoms with Crippen molar-refractivity contribution < 1.29 is 17.7 Å². The van der Waals surface area contributed by atoms with Gasteiger partial charge in [0.05, 0.1) is 16.6 Å². The van der Waals surface area contributed by atoms with E-state index in [0.29, 0.717) is 12.8 Å². The average molecular weight is 488 g/mol. The second-order valence-electron chi connectivity index (χ2n) is 8.81. The highest BCUT2D eigenvalue weighted by Crippen LogP contribution is 2.47. The Bertz CT molecular complexity index is 1230. The Labute approximate surface area is 200 Å². The monoisotopic (exact) mass is 487 g/mol. The molecule has 2 nitrogen and oxygen atoms in total. The molecule has 5 rings (SSSR count). The summed E-state index contributed by atoms with van der Waals surface area (Å²) in [4.78, 5) is 3.39. The molecule has 0 bridgehead atoms. The van der Waals surface area contributed by atoms with Gasteiger partial charge in [0.25, 0.3) is 5.01 Å². The van der Waals surface area contributed by atoms with E-state index in [4.69, 9.17) is 0 Å². The van der Waals surface area contributed by atoms with Gasteiger partial charge in [-0.1, -0.05) is 47.4 Å². The first kappa shape index (κ1) is 22.5. The van der Waals surface area contributed by atoms with Gasteiger partial charge in [-0.05, 0) is 61.4 Å². The van der Waals surface area contributed by atoms with E-state index in [9.17, 15) is 13.2 Å². The number of thioether (sulfide) groups is 1. The molecule has 2 aromatic carbocycles. The molecule has 0 saturated heterocycles. The molecule has 0 spiro atoms. The van der Waals surface area contributed by atoms with Gasteiger partial charge in [0, 0.05) is 24.1 Å². The van der Waals surface area contributed by atoms with Crippen LogP contribution in [0.4, 0.5) is 18.9 Å². The SMILES string of the molecule is CN1/C(=C\C(=C\c2sc3ccccc3[n+]2C)C2CCC(C(F)(F)F)CC2)Sc2ccccc21. The van der Waals surface area contributed by atoms with Gasteiger partial charge in [0.2, 0.25) is 5.52 Å². The van der Waals surface area contributed by atoms with Crippen molar-refractivity contribution >= 4 is 45.1 Å². The molecule has 2 heterocycles. The summed E-state index contributed by atoms with van der Waals surface area (Å²) in [6.07, 6.45) is 1.86. The zero-order valence-corrected chi connectivity index (χ0v) is 20.2. The first-order valence-electron chi connectivity index (χ1n) is 11.2. The van der Waals surface area contributed by atoms with Gasteiger partial charge >= 0.3 is 6.18 Å². The number of nitrogens with zero attached hydrogens (tertiary/aromatic N) is 2. The van der Waals surface area contributed by atoms with E-state index in [2.05, 4.69) is 60.0 Å². The molecule has 0 radical (unpaired) electrons. The number of benzene rings is 2. The average Bonchev–Trinajstić information content (AvgIpc) is 3.29. The number of hydrogen-bond donors (Lipinski definition) is 0. The molecular weight excluding hydrogens is 461 g/mol. The number of fused-ring (bicyclic) bond motifs is 2. The number of aryl methyl sites for hydroxylation is 1. The minimum atomic E-state index is -4.09. The van der Waals surface area contributed by atoms with E-state index in [0.717, 1.165) is 15.6 Å². The van der Waals surface area contributed by atoms with Gasteiger partial charge < -0.3 is 4.90 Å². The lowest BCUT2D eigenvalue weighted by atomic mass is 9.78. The Morgan fingerprint density at radius 1 is 1.03 bits per heavy atom. The van der Waals surface area contributed by atoms with Crippen molar-refractivity contribution in [1.29, 1.82) is 0 Å². The summed E-state index contributed by atoms with van der Waals surface area (Å²) >= 11 is 3.45. The van der Waals surface area contributed by atoms with E-state index < -0.39 is 12.1 Å². The molecule has 7 heteroatoms. The zero-order chi connectivity index (χ0) is 23.2. The van der Waals surface area contributed by atoms with Gasteiger partial charge in [-0.25, -0.2) is 0 Å². The lowest BCUT2D eigenvalue weighted by molar-refractivity contribution is -0.642. The fourth-order valence-electron chi connectivity index (χ4n) is 4.81. The summed E-state index contributed by atoms with van der Waals surface area (Å²) in [7, 11) is 4.12. The zero-order valence-electron chi connectivity index (χ0n) is 18.6. The van der Waals surface area contributed by atoms with Crippen molar-refractivity contribution in [1.82, 2.24) is 0 Å². The van der Waals surface area contributed by atoms with Crippen molar-refractivity contribution in [2.75, 3.05) is 11.9 Å². The van der Waals surface area contributed by atoms with Gasteiger partial charge in [-0.15, -0.1) is 0 Å². The molecular formula is C26H26F3N2S2+. The smallest absolute Gasteiger partial charge is 0.338 e. The Hall–Kier alpha value is -2.25. The van der Waals surface area contributed by atoms with Gasteiger partial charge in [0.1, 0.15) is 11.7 Å². The first-order valence-corrected chi connectivity index (χ1v) is 12.8. The van der Waals surface area contributed by atoms with Crippen LogP contribution in [0.15, 0.2) is 70.1 Å². The van der Waals surface area contributed by atoms with Crippen LogP contribution in [0.1, 0.15) is 30.7 Å². The fourth-order valence-corrected chi connectivity index (χ4v) is 7.03. The third-order valence-electron chi connectivity index (χ3n) is 6.79. The van der Waals surface area contributed by atoms with Crippen LogP contribution in [-0.2, 0) is 7.05 Å². The number of para-hydroxylation sites is 2. The van der Waals surface area contributed by atoms with Crippen LogP contribution in [0.2, 0.25) is 0 Å². The summed E-state index contributed by atoms with van der Waals surface area (Å²) in [5.41, 5.74) is 3.46. The Morgan fingerprint density at radius 3 is 2.42 bits per heavy atom. The molecule has 0 atom stereocenters. The molecule has 33 heavy (non-hydrogen) atoms. The summed E-state index contributed by atoms with van der Waals surface area (Å²) in [6.45, 7) is 0. The van der Waals surface area contributed by atoms with Crippen LogP contribution in [0.5, 0.6) is 0 Å². The van der Waals surface area contributed by atoms with E-state index >= 15 is 0 Å². The molecule has 0 amide bonds. The number of halogens is 3. The standard InChI is InChI=1S/C26H26F3N2S2/c1-30-20-7-3-5-9-22(20)32-24(30)15-18(17-11-13-19(14-12-17)26(27,28)29)16-25-31(2)21-8-4-6-10-23(21)33-25/h3-10,15-17,19H,11-14H2,1-2H3/q+1. The van der Waals surface area contributed by atoms with Crippen LogP contribution in [0, 0.1) is 11.8 Å². The number of aromatic nitrogens is 1. The highest BCUT2D eigenvalue weighted by Gasteiger charge is 2.42. The number of anilines is 1. The normalized spacial score (nSPS) is 22.9. The minimum absolute atomic E-state index is 0.124. The van der Waals surface area contributed by atoms with Crippen molar-refractivity contribution in [3.8, 4) is 0 Å². The highest BCUT2D eigenvalue weighted by atomic mass is 32.2. The third kappa shape index (κ3) is 4.45. The predicted molar refractivity (Wildman–Crippen MR) is 131 cm³/mol. The summed E-state index contributed by atoms with van der Waals surface area (Å²) in [5, 5.41) is 2.23. The van der Waals surface area contributed by atoms with E-state index in [1.165, 1.54) is 20.8 Å². The second kappa shape index (κ2) is 8.84. The number of hydrogen-bond acceptors (Lipinski definition) is 3. The molecule has 1 aromatic heterocycles. The van der Waals surface area contributed by atoms with Crippen molar-refractivity contribution in [2.24, 2.45) is 18.9 Å².